The molecule has 1 saturated heterocycles. The standard InChI is InChI=1S/C31H60N3O4P/c1-10-13-15-17-20-31(9,21-18-16-14-11-2)28-27(29(4,5)6)26(30(7,8)19-12-3)24(38-28)23-37-39(35,36)25-22-32-34-33-25/h22,24,26-28H,10-21,23H2,1-9H3,(H,35,36)(H,32,33,34). The molecule has 1 fully saturated rings. The van der Waals surface area contributed by atoms with E-state index in [1.807, 2.05) is 0 Å². The monoisotopic (exact) mass is 569 g/mol. The minimum absolute atomic E-state index is 0.00581. The number of nitrogens with zero attached hydrogens (tertiary/aromatic N) is 2. The van der Waals surface area contributed by atoms with Crippen LogP contribution in [0.4, 0.5) is 0 Å². The third-order valence-corrected chi connectivity index (χ3v) is 10.5. The van der Waals surface area contributed by atoms with Gasteiger partial charge < -0.3 is 14.2 Å². The van der Waals surface area contributed by atoms with E-state index < -0.39 is 7.60 Å². The molecule has 0 bridgehead atoms. The quantitative estimate of drug-likeness (QED) is 0.136. The lowest BCUT2D eigenvalue weighted by Gasteiger charge is -2.47. The molecular weight excluding hydrogens is 509 g/mol. The molecule has 5 unspecified atom stereocenters. The maximum absolute atomic E-state index is 13.0. The summed E-state index contributed by atoms with van der Waals surface area (Å²) >= 11 is 0. The van der Waals surface area contributed by atoms with E-state index in [0.717, 1.165) is 25.7 Å². The zero-order valence-corrected chi connectivity index (χ0v) is 27.5. The Morgan fingerprint density at radius 1 is 0.897 bits per heavy atom. The molecule has 0 saturated carbocycles. The summed E-state index contributed by atoms with van der Waals surface area (Å²) in [6.07, 6.45) is 15.6. The molecule has 228 valence electrons. The summed E-state index contributed by atoms with van der Waals surface area (Å²) in [4.78, 5) is 10.7. The van der Waals surface area contributed by atoms with Gasteiger partial charge in [0.25, 0.3) is 0 Å². The molecule has 0 aliphatic carbocycles. The van der Waals surface area contributed by atoms with Crippen molar-refractivity contribution < 1.29 is 18.7 Å². The minimum Gasteiger partial charge on any atom is -0.371 e. The average molecular weight is 570 g/mol. The molecule has 1 aromatic rings. The van der Waals surface area contributed by atoms with Crippen molar-refractivity contribution in [2.45, 2.75) is 152 Å². The van der Waals surface area contributed by atoms with Crippen LogP contribution in [0.25, 0.3) is 0 Å². The lowest BCUT2D eigenvalue weighted by Crippen LogP contribution is -2.46. The van der Waals surface area contributed by atoms with Gasteiger partial charge in [-0.1, -0.05) is 125 Å². The highest BCUT2D eigenvalue weighted by Gasteiger charge is 2.58. The maximum atomic E-state index is 13.0. The summed E-state index contributed by atoms with van der Waals surface area (Å²) in [7, 11) is -4.10. The van der Waals surface area contributed by atoms with Gasteiger partial charge >= 0.3 is 7.60 Å². The van der Waals surface area contributed by atoms with Crippen molar-refractivity contribution in [2.24, 2.45) is 28.1 Å². The normalized spacial score (nSPS) is 24.3. The Morgan fingerprint density at radius 3 is 1.95 bits per heavy atom. The smallest absolute Gasteiger partial charge is 0.371 e. The van der Waals surface area contributed by atoms with Gasteiger partial charge in [0.15, 0.2) is 5.44 Å². The van der Waals surface area contributed by atoms with Crippen LogP contribution in [0.15, 0.2) is 6.20 Å². The van der Waals surface area contributed by atoms with Crippen molar-refractivity contribution in [2.75, 3.05) is 6.61 Å². The van der Waals surface area contributed by atoms with Crippen LogP contribution in [0, 0.1) is 28.1 Å². The van der Waals surface area contributed by atoms with Crippen LogP contribution < -0.4 is 5.44 Å². The average Bonchev–Trinajstić information content (AvgIpc) is 3.53. The predicted molar refractivity (Wildman–Crippen MR) is 161 cm³/mol. The first-order valence-electron chi connectivity index (χ1n) is 15.7. The van der Waals surface area contributed by atoms with E-state index in [2.05, 4.69) is 77.7 Å². The van der Waals surface area contributed by atoms with Gasteiger partial charge in [0.2, 0.25) is 0 Å². The largest absolute Gasteiger partial charge is 0.380 e. The number of nitrogens with one attached hydrogen (secondary N) is 1. The maximum Gasteiger partial charge on any atom is 0.380 e. The van der Waals surface area contributed by atoms with Crippen molar-refractivity contribution in [1.29, 1.82) is 0 Å². The number of rotatable bonds is 18. The molecule has 1 aromatic heterocycles. The first kappa shape index (κ1) is 34.5. The van der Waals surface area contributed by atoms with Gasteiger partial charge in [-0.3, -0.25) is 9.66 Å². The van der Waals surface area contributed by atoms with Gasteiger partial charge in [-0.15, -0.1) is 5.10 Å². The van der Waals surface area contributed by atoms with Gasteiger partial charge in [-0.05, 0) is 47.3 Å². The molecule has 1 aliphatic rings. The van der Waals surface area contributed by atoms with Gasteiger partial charge in [-0.2, -0.15) is 0 Å². The first-order valence-corrected chi connectivity index (χ1v) is 17.3. The SMILES string of the molecule is CCCCCCC(C)(CCCCCC)C1OC(COP(=O)(O)c2c[nH]nn2)C(C(C)(C)CCC)C1C(C)(C)C. The minimum atomic E-state index is -4.10. The molecule has 7 nitrogen and oxygen atoms in total. The third kappa shape index (κ3) is 9.38. The third-order valence-electron chi connectivity index (χ3n) is 9.23. The fourth-order valence-electron chi connectivity index (χ4n) is 7.21. The molecule has 2 heterocycles. The lowest BCUT2D eigenvalue weighted by atomic mass is 9.56. The van der Waals surface area contributed by atoms with Crippen LogP contribution >= 0.6 is 7.60 Å². The summed E-state index contributed by atoms with van der Waals surface area (Å²) in [5.74, 6) is 0.505. The molecule has 8 heteroatoms. The summed E-state index contributed by atoms with van der Waals surface area (Å²) in [6, 6.07) is 0. The number of hydrogen-bond acceptors (Lipinski definition) is 5. The summed E-state index contributed by atoms with van der Waals surface area (Å²) < 4.78 is 25.9. The van der Waals surface area contributed by atoms with Crippen LogP contribution in [0.2, 0.25) is 0 Å². The Kier molecular flexibility index (Phi) is 13.2. The molecule has 1 aliphatic heterocycles. The molecule has 2 N–H and O–H groups in total. The number of unbranched alkanes of at least 4 members (excludes halogenated alkanes) is 6. The molecule has 0 aromatic carbocycles. The summed E-state index contributed by atoms with van der Waals surface area (Å²) in [5, 5.41) is 9.87. The molecule has 0 amide bonds. The van der Waals surface area contributed by atoms with Crippen LogP contribution in [0.3, 0.4) is 0 Å². The van der Waals surface area contributed by atoms with Crippen molar-refractivity contribution in [3.05, 3.63) is 6.20 Å². The summed E-state index contributed by atoms with van der Waals surface area (Å²) in [6.45, 7) is 21.1. The second-order valence-corrected chi connectivity index (χ2v) is 15.9. The predicted octanol–water partition coefficient (Wildman–Crippen LogP) is 8.45. The number of H-pyrrole nitrogens is 1. The highest BCUT2D eigenvalue weighted by atomic mass is 31.2. The number of aromatic amines is 1. The van der Waals surface area contributed by atoms with Crippen molar-refractivity contribution >= 4 is 13.0 Å². The van der Waals surface area contributed by atoms with Crippen LogP contribution in [0.5, 0.6) is 0 Å². The Labute approximate surface area is 239 Å². The van der Waals surface area contributed by atoms with Crippen molar-refractivity contribution in [3.63, 3.8) is 0 Å². The Morgan fingerprint density at radius 2 is 1.49 bits per heavy atom. The van der Waals surface area contributed by atoms with Crippen LogP contribution in [-0.2, 0) is 13.8 Å². The molecule has 0 radical (unpaired) electrons. The van der Waals surface area contributed by atoms with E-state index in [1.54, 1.807) is 0 Å². The van der Waals surface area contributed by atoms with Crippen LogP contribution in [0.1, 0.15) is 139 Å². The van der Waals surface area contributed by atoms with Crippen molar-refractivity contribution in [3.8, 4) is 0 Å². The van der Waals surface area contributed by atoms with E-state index >= 15 is 0 Å². The van der Waals surface area contributed by atoms with Crippen LogP contribution in [-0.4, -0.2) is 39.1 Å². The van der Waals surface area contributed by atoms with Gasteiger partial charge in [0, 0.05) is 0 Å². The van der Waals surface area contributed by atoms with Gasteiger partial charge in [0.1, 0.15) is 0 Å². The highest BCUT2D eigenvalue weighted by Crippen LogP contribution is 2.58. The zero-order chi connectivity index (χ0) is 29.3. The number of hydrogen-bond donors (Lipinski definition) is 2. The second-order valence-electron chi connectivity index (χ2n) is 14.2. The molecular formula is C31H60N3O4P. The fourth-order valence-corrected chi connectivity index (χ4v) is 8.07. The Bertz CT molecular complexity index is 856. The second kappa shape index (κ2) is 14.9. The van der Waals surface area contributed by atoms with Crippen molar-refractivity contribution in [1.82, 2.24) is 15.4 Å². The zero-order valence-electron chi connectivity index (χ0n) is 26.6. The Balaban J connectivity index is 2.46. The van der Waals surface area contributed by atoms with Gasteiger partial charge in [-0.25, -0.2) is 0 Å². The topological polar surface area (TPSA) is 97.3 Å². The molecule has 0 spiro atoms. The van der Waals surface area contributed by atoms with E-state index in [4.69, 9.17) is 9.26 Å². The number of aromatic nitrogens is 3. The lowest BCUT2D eigenvalue weighted by molar-refractivity contribution is -0.0779. The van der Waals surface area contributed by atoms with Gasteiger partial charge in [0.05, 0.1) is 25.0 Å². The van der Waals surface area contributed by atoms with E-state index in [0.29, 0.717) is 5.92 Å². The fraction of sp³-hybridized carbons (Fsp3) is 0.935. The molecule has 39 heavy (non-hydrogen) atoms. The van der Waals surface area contributed by atoms with E-state index in [9.17, 15) is 9.46 Å². The number of ether oxygens (including phenoxy) is 1. The highest BCUT2D eigenvalue weighted by molar-refractivity contribution is 7.60. The van der Waals surface area contributed by atoms with E-state index in [-0.39, 0.29) is 46.4 Å². The molecule has 2 rings (SSSR count). The Hall–Kier alpha value is -0.750. The summed E-state index contributed by atoms with van der Waals surface area (Å²) in [5.41, 5.74) is 0.00120. The first-order chi connectivity index (χ1) is 18.2. The molecule has 5 atom stereocenters. The van der Waals surface area contributed by atoms with E-state index in [1.165, 1.54) is 57.6 Å².